The van der Waals surface area contributed by atoms with Crippen LogP contribution >= 0.6 is 0 Å². The van der Waals surface area contributed by atoms with Crippen LogP contribution in [-0.2, 0) is 11.3 Å². The number of ether oxygens (including phenoxy) is 2. The molecule has 0 radical (unpaired) electrons. The topological polar surface area (TPSA) is 97.9 Å². The lowest BCUT2D eigenvalue weighted by Crippen LogP contribution is -2.34. The normalized spacial score (nSPS) is 15.7. The predicted octanol–water partition coefficient (Wildman–Crippen LogP) is 3.80. The maximum absolute atomic E-state index is 12.4. The minimum Gasteiger partial charge on any atom is -0.494 e. The van der Waals surface area contributed by atoms with E-state index < -0.39 is 0 Å². The second-order valence-electron chi connectivity index (χ2n) is 8.74. The summed E-state index contributed by atoms with van der Waals surface area (Å²) < 4.78 is 16.3. The minimum absolute atomic E-state index is 0.0233. The van der Waals surface area contributed by atoms with Crippen molar-refractivity contribution in [1.82, 2.24) is 10.1 Å². The van der Waals surface area contributed by atoms with E-state index in [4.69, 9.17) is 19.1 Å². The molecule has 1 aromatic carbocycles. The zero-order valence-electron chi connectivity index (χ0n) is 19.4. The molecule has 2 heterocycles. The Bertz CT molecular complexity index is 861. The fourth-order valence-electron chi connectivity index (χ4n) is 4.07. The summed E-state index contributed by atoms with van der Waals surface area (Å²) in [7, 11) is 1.61. The molecule has 0 amide bonds. The number of nitrogens with zero attached hydrogens (tertiary/aromatic N) is 3. The van der Waals surface area contributed by atoms with Crippen LogP contribution in [0.2, 0.25) is 0 Å². The van der Waals surface area contributed by atoms with Gasteiger partial charge in [-0.05, 0) is 68.2 Å². The number of piperidine rings is 1. The number of hydrogen-bond donors (Lipinski definition) is 1. The van der Waals surface area contributed by atoms with Gasteiger partial charge in [-0.15, -0.1) is 0 Å². The van der Waals surface area contributed by atoms with E-state index in [2.05, 4.69) is 15.0 Å². The van der Waals surface area contributed by atoms with Crippen LogP contribution in [0.1, 0.15) is 60.8 Å². The van der Waals surface area contributed by atoms with E-state index in [-0.39, 0.29) is 18.3 Å². The highest BCUT2D eigenvalue weighted by Crippen LogP contribution is 2.26. The highest BCUT2D eigenvalue weighted by Gasteiger charge is 2.23. The number of methoxy groups -OCH3 is 1. The molecule has 0 saturated carbocycles. The number of aliphatic hydroxyl groups excluding tert-OH is 1. The van der Waals surface area contributed by atoms with Gasteiger partial charge in [0, 0.05) is 38.8 Å². The van der Waals surface area contributed by atoms with Crippen molar-refractivity contribution < 1.29 is 23.9 Å². The smallest absolute Gasteiger partial charge is 0.324 e. The molecule has 1 aliphatic heterocycles. The predicted molar refractivity (Wildman–Crippen MR) is 121 cm³/mol. The van der Waals surface area contributed by atoms with Gasteiger partial charge in [0.1, 0.15) is 12.4 Å². The summed E-state index contributed by atoms with van der Waals surface area (Å²) in [5.74, 6) is 2.09. The Morgan fingerprint density at radius 1 is 1.34 bits per heavy atom. The van der Waals surface area contributed by atoms with Crippen molar-refractivity contribution in [1.29, 1.82) is 0 Å². The van der Waals surface area contributed by atoms with Crippen molar-refractivity contribution in [3.63, 3.8) is 0 Å². The molecule has 32 heavy (non-hydrogen) atoms. The van der Waals surface area contributed by atoms with Gasteiger partial charge in [-0.2, -0.15) is 4.98 Å². The zero-order valence-corrected chi connectivity index (χ0v) is 19.4. The van der Waals surface area contributed by atoms with E-state index in [1.807, 2.05) is 32.0 Å². The van der Waals surface area contributed by atoms with E-state index >= 15 is 0 Å². The average molecular weight is 446 g/mol. The van der Waals surface area contributed by atoms with Gasteiger partial charge in [-0.25, -0.2) is 0 Å². The Balaban J connectivity index is 1.36. The summed E-state index contributed by atoms with van der Waals surface area (Å²) in [6, 6.07) is 6.21. The van der Waals surface area contributed by atoms with Gasteiger partial charge >= 0.3 is 6.01 Å². The average Bonchev–Trinajstić information content (AvgIpc) is 3.26. The highest BCUT2D eigenvalue weighted by atomic mass is 16.5. The van der Waals surface area contributed by atoms with Crippen molar-refractivity contribution in [2.75, 3.05) is 38.3 Å². The maximum Gasteiger partial charge on any atom is 0.324 e. The number of carbonyl (C=O) groups excluding carboxylic acids is 1. The standard InChI is InChI=1S/C24H35N3O5/c1-17(15-28)13-22(29)21-7-6-20(14-18(21)2)31-12-4-5-19-8-10-27(11-9-19)24-25-23(16-30-3)26-32-24/h6-7,14,17,19,28H,4-5,8-13,15-16H2,1-3H3/t17-/m0/s1. The first-order valence-corrected chi connectivity index (χ1v) is 11.4. The van der Waals surface area contributed by atoms with Crippen LogP contribution < -0.4 is 9.64 Å². The van der Waals surface area contributed by atoms with Gasteiger partial charge in [-0.3, -0.25) is 4.79 Å². The molecular formula is C24H35N3O5. The molecule has 0 unspecified atom stereocenters. The van der Waals surface area contributed by atoms with Gasteiger partial charge in [0.05, 0.1) is 6.61 Å². The largest absolute Gasteiger partial charge is 0.494 e. The first kappa shape index (κ1) is 24.2. The van der Waals surface area contributed by atoms with Gasteiger partial charge in [0.25, 0.3) is 0 Å². The third-order valence-electron chi connectivity index (χ3n) is 5.99. The maximum atomic E-state index is 12.4. The number of hydrogen-bond acceptors (Lipinski definition) is 8. The molecule has 0 aliphatic carbocycles. The van der Waals surface area contributed by atoms with Crippen LogP contribution in [0.4, 0.5) is 6.01 Å². The van der Waals surface area contributed by atoms with E-state index in [1.165, 1.54) is 0 Å². The van der Waals surface area contributed by atoms with Crippen LogP contribution in [0.5, 0.6) is 5.75 Å². The zero-order chi connectivity index (χ0) is 22.9. The van der Waals surface area contributed by atoms with Crippen LogP contribution in [-0.4, -0.2) is 54.4 Å². The monoisotopic (exact) mass is 445 g/mol. The molecule has 1 aliphatic rings. The molecule has 176 valence electrons. The van der Waals surface area contributed by atoms with Crippen molar-refractivity contribution in [3.05, 3.63) is 35.2 Å². The second kappa shape index (κ2) is 12.0. The third-order valence-corrected chi connectivity index (χ3v) is 5.99. The lowest BCUT2D eigenvalue weighted by Gasteiger charge is -2.30. The lowest BCUT2D eigenvalue weighted by atomic mass is 9.92. The SMILES string of the molecule is COCc1noc(N2CCC(CCCOc3ccc(C(=O)C[C@H](C)CO)c(C)c3)CC2)n1. The Morgan fingerprint density at radius 2 is 2.12 bits per heavy atom. The van der Waals surface area contributed by atoms with Crippen molar-refractivity contribution in [3.8, 4) is 5.75 Å². The molecule has 0 spiro atoms. The highest BCUT2D eigenvalue weighted by molar-refractivity contribution is 5.97. The molecule has 8 heteroatoms. The van der Waals surface area contributed by atoms with E-state index in [9.17, 15) is 4.79 Å². The Labute approximate surface area is 189 Å². The molecule has 1 N–H and O–H groups in total. The van der Waals surface area contributed by atoms with Crippen LogP contribution in [0.15, 0.2) is 22.7 Å². The van der Waals surface area contributed by atoms with E-state index in [0.29, 0.717) is 43.0 Å². The Morgan fingerprint density at radius 3 is 2.81 bits per heavy atom. The number of Topliss-reactive ketones (excluding diaryl/α,β-unsaturated/α-hetero) is 1. The van der Waals surface area contributed by atoms with Gasteiger partial charge in [-0.1, -0.05) is 12.1 Å². The molecule has 1 saturated heterocycles. The molecule has 8 nitrogen and oxygen atoms in total. The van der Waals surface area contributed by atoms with Crippen LogP contribution in [0.3, 0.4) is 0 Å². The van der Waals surface area contributed by atoms with Gasteiger partial charge in [0.2, 0.25) is 0 Å². The summed E-state index contributed by atoms with van der Waals surface area (Å²) in [4.78, 5) is 18.9. The summed E-state index contributed by atoms with van der Waals surface area (Å²) >= 11 is 0. The Hall–Kier alpha value is -2.45. The van der Waals surface area contributed by atoms with Crippen molar-refractivity contribution in [2.45, 2.75) is 52.6 Å². The van der Waals surface area contributed by atoms with Crippen LogP contribution in [0, 0.1) is 18.8 Å². The molecule has 1 fully saturated rings. The molecule has 1 aromatic heterocycles. The number of rotatable bonds is 12. The van der Waals surface area contributed by atoms with Gasteiger partial charge < -0.3 is 24.0 Å². The number of anilines is 1. The summed E-state index contributed by atoms with van der Waals surface area (Å²) in [6.45, 7) is 6.70. The number of ketones is 1. The lowest BCUT2D eigenvalue weighted by molar-refractivity contribution is 0.0943. The second-order valence-corrected chi connectivity index (χ2v) is 8.74. The quantitative estimate of drug-likeness (QED) is 0.389. The minimum atomic E-state index is -0.0233. The molecule has 2 aromatic rings. The molecule has 3 rings (SSSR count). The number of carbonyl (C=O) groups is 1. The molecule has 0 bridgehead atoms. The Kier molecular flexibility index (Phi) is 9.05. The number of aryl methyl sites for hydroxylation is 1. The fourth-order valence-corrected chi connectivity index (χ4v) is 4.07. The third kappa shape index (κ3) is 6.77. The van der Waals surface area contributed by atoms with Crippen molar-refractivity contribution in [2.24, 2.45) is 11.8 Å². The molecular weight excluding hydrogens is 410 g/mol. The summed E-state index contributed by atoms with van der Waals surface area (Å²) in [6.07, 6.45) is 4.68. The summed E-state index contributed by atoms with van der Waals surface area (Å²) in [5.41, 5.74) is 1.62. The fraction of sp³-hybridized carbons (Fsp3) is 0.625. The van der Waals surface area contributed by atoms with Gasteiger partial charge in [0.15, 0.2) is 11.6 Å². The van der Waals surface area contributed by atoms with Crippen molar-refractivity contribution >= 4 is 11.8 Å². The number of benzene rings is 1. The first-order valence-electron chi connectivity index (χ1n) is 11.4. The molecule has 1 atom stereocenters. The van der Waals surface area contributed by atoms with E-state index in [0.717, 1.165) is 50.1 Å². The summed E-state index contributed by atoms with van der Waals surface area (Å²) in [5, 5.41) is 13.1. The van der Waals surface area contributed by atoms with E-state index in [1.54, 1.807) is 7.11 Å². The number of aliphatic hydroxyl groups is 1. The first-order chi connectivity index (χ1) is 15.5. The van der Waals surface area contributed by atoms with Crippen LogP contribution in [0.25, 0.3) is 0 Å². The number of aromatic nitrogens is 2.